The number of hydrogen-bond acceptors (Lipinski definition) is 6. The fraction of sp³-hybridized carbons (Fsp3) is 0.120. The lowest BCUT2D eigenvalue weighted by Gasteiger charge is -2.10. The van der Waals surface area contributed by atoms with Gasteiger partial charge < -0.3 is 10.1 Å². The second kappa shape index (κ2) is 10.4. The summed E-state index contributed by atoms with van der Waals surface area (Å²) in [6.07, 6.45) is 0. The van der Waals surface area contributed by atoms with Gasteiger partial charge in [-0.2, -0.15) is 0 Å². The highest BCUT2D eigenvalue weighted by Crippen LogP contribution is 2.29. The van der Waals surface area contributed by atoms with E-state index >= 15 is 0 Å². The van der Waals surface area contributed by atoms with Gasteiger partial charge in [0.1, 0.15) is 16.7 Å². The molecule has 1 heterocycles. The van der Waals surface area contributed by atoms with Gasteiger partial charge in [-0.05, 0) is 73.7 Å². The van der Waals surface area contributed by atoms with E-state index in [1.807, 2.05) is 0 Å². The van der Waals surface area contributed by atoms with Gasteiger partial charge in [-0.15, -0.1) is 0 Å². The highest BCUT2D eigenvalue weighted by molar-refractivity contribution is 8.00. The second-order valence-corrected chi connectivity index (χ2v) is 8.12. The normalized spacial score (nSPS) is 10.8. The Hall–Kier alpha value is -3.85. The number of esters is 1. The van der Waals surface area contributed by atoms with E-state index in [0.717, 1.165) is 11.8 Å². The van der Waals surface area contributed by atoms with Gasteiger partial charge in [-0.1, -0.05) is 11.8 Å². The summed E-state index contributed by atoms with van der Waals surface area (Å²) in [6.45, 7) is 2.00. The third kappa shape index (κ3) is 5.55. The van der Waals surface area contributed by atoms with Gasteiger partial charge in [0.2, 0.25) is 5.91 Å². The average molecular weight is 480 g/mol. The van der Waals surface area contributed by atoms with E-state index in [1.54, 1.807) is 43.3 Å². The fourth-order valence-electron chi connectivity index (χ4n) is 3.15. The Morgan fingerprint density at radius 1 is 0.941 bits per heavy atom. The van der Waals surface area contributed by atoms with Gasteiger partial charge in [0.15, 0.2) is 5.82 Å². The molecule has 0 bridgehead atoms. The molecule has 4 aromatic rings. The van der Waals surface area contributed by atoms with E-state index in [-0.39, 0.29) is 24.1 Å². The number of nitrogens with zero attached hydrogens (tertiary/aromatic N) is 2. The first kappa shape index (κ1) is 23.3. The number of rotatable bonds is 7. The smallest absolute Gasteiger partial charge is 0.338 e. The molecule has 172 valence electrons. The van der Waals surface area contributed by atoms with Crippen LogP contribution in [0.2, 0.25) is 0 Å². The number of carbonyl (C=O) groups excluding carboxylic acids is 2. The molecule has 0 fully saturated rings. The van der Waals surface area contributed by atoms with Crippen molar-refractivity contribution in [2.45, 2.75) is 11.9 Å². The summed E-state index contributed by atoms with van der Waals surface area (Å²) in [5.74, 6) is -1.22. The number of nitrogens with one attached hydrogen (secondary N) is 1. The zero-order valence-corrected chi connectivity index (χ0v) is 18.9. The summed E-state index contributed by atoms with van der Waals surface area (Å²) in [6, 6.07) is 16.2. The molecule has 0 radical (unpaired) electrons. The monoisotopic (exact) mass is 479 g/mol. The lowest BCUT2D eigenvalue weighted by Crippen LogP contribution is -2.14. The van der Waals surface area contributed by atoms with Gasteiger partial charge >= 0.3 is 5.97 Å². The molecule has 1 N–H and O–H groups in total. The number of anilines is 1. The SMILES string of the molecule is CCOC(=O)c1ccc(NC(=O)CSc2nc(-c3ccc(F)cc3)nc3ccc(F)cc23)cc1. The molecule has 6 nitrogen and oxygen atoms in total. The summed E-state index contributed by atoms with van der Waals surface area (Å²) < 4.78 is 32.1. The van der Waals surface area contributed by atoms with Gasteiger partial charge in [-0.25, -0.2) is 23.5 Å². The van der Waals surface area contributed by atoms with Gasteiger partial charge in [0, 0.05) is 16.6 Å². The van der Waals surface area contributed by atoms with Crippen LogP contribution >= 0.6 is 11.8 Å². The van der Waals surface area contributed by atoms with Crippen LogP contribution in [0.4, 0.5) is 14.5 Å². The third-order valence-electron chi connectivity index (χ3n) is 4.75. The maximum Gasteiger partial charge on any atom is 0.338 e. The summed E-state index contributed by atoms with van der Waals surface area (Å²) in [7, 11) is 0. The predicted molar refractivity (Wildman–Crippen MR) is 127 cm³/mol. The zero-order chi connectivity index (χ0) is 24.1. The molecule has 1 aromatic heterocycles. The number of ether oxygens (including phenoxy) is 1. The van der Waals surface area contributed by atoms with Gasteiger partial charge in [0.25, 0.3) is 0 Å². The van der Waals surface area contributed by atoms with Crippen molar-refractivity contribution in [3.63, 3.8) is 0 Å². The van der Waals surface area contributed by atoms with Gasteiger partial charge in [-0.3, -0.25) is 4.79 Å². The minimum absolute atomic E-state index is 0.00507. The Kier molecular flexibility index (Phi) is 7.12. The van der Waals surface area contributed by atoms with Crippen LogP contribution in [0.25, 0.3) is 22.3 Å². The molecular weight excluding hydrogens is 460 g/mol. The van der Waals surface area contributed by atoms with E-state index in [1.165, 1.54) is 30.3 Å². The predicted octanol–water partition coefficient (Wildman–Crippen LogP) is 5.48. The maximum atomic E-state index is 13.9. The van der Waals surface area contributed by atoms with Crippen LogP contribution in [0, 0.1) is 11.6 Å². The van der Waals surface area contributed by atoms with E-state index in [2.05, 4.69) is 15.3 Å². The van der Waals surface area contributed by atoms with Crippen LogP contribution in [-0.2, 0) is 9.53 Å². The van der Waals surface area contributed by atoms with Crippen molar-refractivity contribution in [3.8, 4) is 11.4 Å². The summed E-state index contributed by atoms with van der Waals surface area (Å²) >= 11 is 1.13. The van der Waals surface area contributed by atoms with E-state index in [4.69, 9.17) is 4.74 Å². The molecule has 0 saturated heterocycles. The number of fused-ring (bicyclic) bond motifs is 1. The van der Waals surface area contributed by atoms with Crippen LogP contribution in [0.15, 0.2) is 71.8 Å². The van der Waals surface area contributed by atoms with E-state index < -0.39 is 11.8 Å². The van der Waals surface area contributed by atoms with Crippen molar-refractivity contribution in [1.82, 2.24) is 9.97 Å². The quantitative estimate of drug-likeness (QED) is 0.215. The largest absolute Gasteiger partial charge is 0.462 e. The van der Waals surface area contributed by atoms with E-state index in [0.29, 0.717) is 38.6 Å². The number of carbonyl (C=O) groups is 2. The minimum atomic E-state index is -0.446. The lowest BCUT2D eigenvalue weighted by atomic mass is 10.2. The molecule has 0 spiro atoms. The van der Waals surface area contributed by atoms with Crippen molar-refractivity contribution in [2.75, 3.05) is 17.7 Å². The van der Waals surface area contributed by atoms with Crippen LogP contribution in [0.3, 0.4) is 0 Å². The summed E-state index contributed by atoms with van der Waals surface area (Å²) in [5.41, 5.74) is 2.01. The van der Waals surface area contributed by atoms with Crippen LogP contribution in [0.5, 0.6) is 0 Å². The molecule has 0 unspecified atom stereocenters. The summed E-state index contributed by atoms with van der Waals surface area (Å²) in [4.78, 5) is 33.2. The van der Waals surface area contributed by atoms with Crippen molar-refractivity contribution < 1.29 is 23.1 Å². The molecule has 0 atom stereocenters. The van der Waals surface area contributed by atoms with Gasteiger partial charge in [0.05, 0.1) is 23.4 Å². The first-order valence-corrected chi connectivity index (χ1v) is 11.3. The second-order valence-electron chi connectivity index (χ2n) is 7.16. The summed E-state index contributed by atoms with van der Waals surface area (Å²) in [5, 5.41) is 3.65. The van der Waals surface area contributed by atoms with Crippen LogP contribution < -0.4 is 5.32 Å². The Balaban J connectivity index is 1.51. The highest BCUT2D eigenvalue weighted by Gasteiger charge is 2.14. The minimum Gasteiger partial charge on any atom is -0.462 e. The maximum absolute atomic E-state index is 13.9. The topological polar surface area (TPSA) is 81.2 Å². The van der Waals surface area contributed by atoms with Crippen molar-refractivity contribution in [1.29, 1.82) is 0 Å². The molecule has 1 amide bonds. The molecule has 34 heavy (non-hydrogen) atoms. The number of benzene rings is 3. The first-order valence-electron chi connectivity index (χ1n) is 10.4. The standard InChI is InChI=1S/C25H19F2N3O3S/c1-2-33-25(32)16-5-10-19(11-6-16)28-22(31)14-34-24-20-13-18(27)9-12-21(20)29-23(30-24)15-3-7-17(26)8-4-15/h3-13H,2,14H2,1H3,(H,28,31). The molecule has 9 heteroatoms. The first-order chi connectivity index (χ1) is 16.4. The number of halogens is 2. The fourth-order valence-corrected chi connectivity index (χ4v) is 3.96. The van der Waals surface area contributed by atoms with Crippen molar-refractivity contribution in [2.24, 2.45) is 0 Å². The number of thioether (sulfide) groups is 1. The zero-order valence-electron chi connectivity index (χ0n) is 18.0. The molecule has 0 saturated carbocycles. The highest BCUT2D eigenvalue weighted by atomic mass is 32.2. The van der Waals surface area contributed by atoms with Crippen LogP contribution in [-0.4, -0.2) is 34.2 Å². The third-order valence-corrected chi connectivity index (χ3v) is 5.74. The molecular formula is C25H19F2N3O3S. The Labute approximate surface area is 198 Å². The number of amides is 1. The Morgan fingerprint density at radius 2 is 1.65 bits per heavy atom. The Bertz CT molecular complexity index is 1350. The molecule has 4 rings (SSSR count). The number of aromatic nitrogens is 2. The number of hydrogen-bond donors (Lipinski definition) is 1. The molecule has 3 aromatic carbocycles. The Morgan fingerprint density at radius 3 is 2.35 bits per heavy atom. The van der Waals surface area contributed by atoms with E-state index in [9.17, 15) is 18.4 Å². The van der Waals surface area contributed by atoms with Crippen molar-refractivity contribution in [3.05, 3.63) is 83.9 Å². The van der Waals surface area contributed by atoms with Crippen molar-refractivity contribution >= 4 is 40.2 Å². The molecule has 0 aliphatic carbocycles. The lowest BCUT2D eigenvalue weighted by molar-refractivity contribution is -0.113. The molecule has 0 aliphatic rings. The van der Waals surface area contributed by atoms with Crippen LogP contribution in [0.1, 0.15) is 17.3 Å². The molecule has 0 aliphatic heterocycles. The average Bonchev–Trinajstić information content (AvgIpc) is 2.83.